The Kier molecular flexibility index (Phi) is 2.93. The predicted octanol–water partition coefficient (Wildman–Crippen LogP) is 3.07. The topological polar surface area (TPSA) is 59.0 Å². The van der Waals surface area contributed by atoms with E-state index in [9.17, 15) is 4.39 Å². The van der Waals surface area contributed by atoms with Crippen LogP contribution in [0.25, 0.3) is 0 Å². The van der Waals surface area contributed by atoms with E-state index in [1.165, 1.54) is 12.1 Å². The molecule has 0 heterocycles. The molecule has 0 amide bonds. The second-order valence-corrected chi connectivity index (χ2v) is 3.43. The van der Waals surface area contributed by atoms with Gasteiger partial charge in [0.05, 0.1) is 5.56 Å². The van der Waals surface area contributed by atoms with Crippen molar-refractivity contribution in [3.8, 4) is 17.6 Å². The fourth-order valence-corrected chi connectivity index (χ4v) is 1.38. The van der Waals surface area contributed by atoms with Crippen molar-refractivity contribution in [3.63, 3.8) is 0 Å². The summed E-state index contributed by atoms with van der Waals surface area (Å²) in [5.74, 6) is 0.342. The molecule has 0 radical (unpaired) electrons. The Morgan fingerprint density at radius 2 is 2.00 bits per heavy atom. The molecule has 2 rings (SSSR count). The number of nitrogens with zero attached hydrogens (tertiary/aromatic N) is 1. The lowest BCUT2D eigenvalue weighted by atomic mass is 10.2. The highest BCUT2D eigenvalue weighted by Gasteiger charge is 2.06. The Morgan fingerprint density at radius 1 is 1.18 bits per heavy atom. The molecule has 17 heavy (non-hydrogen) atoms. The Labute approximate surface area is 97.9 Å². The highest BCUT2D eigenvalue weighted by Crippen LogP contribution is 2.26. The molecule has 2 aromatic rings. The standard InChI is InChI=1S/C13H9FN2O/c14-10-4-5-13(9(6-10)8-15)17-12-3-1-2-11(16)7-12/h1-7H,16H2. The summed E-state index contributed by atoms with van der Waals surface area (Å²) in [7, 11) is 0. The van der Waals surface area contributed by atoms with Crippen molar-refractivity contribution < 1.29 is 9.13 Å². The van der Waals surface area contributed by atoms with Crippen molar-refractivity contribution in [1.29, 1.82) is 5.26 Å². The summed E-state index contributed by atoms with van der Waals surface area (Å²) >= 11 is 0. The largest absolute Gasteiger partial charge is 0.456 e. The molecule has 0 aliphatic rings. The number of nitrogens with two attached hydrogens (primary N) is 1. The third-order valence-electron chi connectivity index (χ3n) is 2.15. The molecular weight excluding hydrogens is 219 g/mol. The SMILES string of the molecule is N#Cc1cc(F)ccc1Oc1cccc(N)c1. The maximum atomic E-state index is 12.9. The number of nitrogen functional groups attached to an aromatic ring is 1. The molecule has 0 spiro atoms. The van der Waals surface area contributed by atoms with Crippen LogP contribution in [0.3, 0.4) is 0 Å². The third-order valence-corrected chi connectivity index (χ3v) is 2.15. The second-order valence-electron chi connectivity index (χ2n) is 3.43. The highest BCUT2D eigenvalue weighted by atomic mass is 19.1. The first kappa shape index (κ1) is 11.0. The molecule has 0 atom stereocenters. The van der Waals surface area contributed by atoms with Gasteiger partial charge in [0, 0.05) is 11.8 Å². The first-order valence-corrected chi connectivity index (χ1v) is 4.92. The van der Waals surface area contributed by atoms with Crippen LogP contribution in [0.15, 0.2) is 42.5 Å². The number of rotatable bonds is 2. The van der Waals surface area contributed by atoms with Crippen LogP contribution in [0.1, 0.15) is 5.56 Å². The summed E-state index contributed by atoms with van der Waals surface area (Å²) in [5.41, 5.74) is 6.31. The van der Waals surface area contributed by atoms with Gasteiger partial charge in [-0.15, -0.1) is 0 Å². The lowest BCUT2D eigenvalue weighted by Crippen LogP contribution is -1.91. The summed E-state index contributed by atoms with van der Waals surface area (Å²) in [4.78, 5) is 0. The highest BCUT2D eigenvalue weighted by molar-refractivity contribution is 5.48. The van der Waals surface area contributed by atoms with Crippen LogP contribution in [0.5, 0.6) is 11.5 Å². The Morgan fingerprint density at radius 3 is 2.71 bits per heavy atom. The average molecular weight is 228 g/mol. The maximum Gasteiger partial charge on any atom is 0.145 e. The molecule has 2 aromatic carbocycles. The van der Waals surface area contributed by atoms with E-state index in [1.54, 1.807) is 24.3 Å². The average Bonchev–Trinajstić information content (AvgIpc) is 2.31. The first-order valence-electron chi connectivity index (χ1n) is 4.92. The molecule has 84 valence electrons. The molecule has 0 aliphatic heterocycles. The van der Waals surface area contributed by atoms with Gasteiger partial charge in [0.25, 0.3) is 0 Å². The molecule has 2 N–H and O–H groups in total. The molecule has 3 nitrogen and oxygen atoms in total. The zero-order chi connectivity index (χ0) is 12.3. The van der Waals surface area contributed by atoms with Gasteiger partial charge in [0.15, 0.2) is 0 Å². The van der Waals surface area contributed by atoms with E-state index in [1.807, 2.05) is 6.07 Å². The molecule has 0 aliphatic carbocycles. The summed E-state index contributed by atoms with van der Waals surface area (Å²) in [5, 5.41) is 8.85. The lowest BCUT2D eigenvalue weighted by Gasteiger charge is -2.07. The Bertz CT molecular complexity index is 590. The van der Waals surface area contributed by atoms with Gasteiger partial charge in [-0.3, -0.25) is 0 Å². The van der Waals surface area contributed by atoms with E-state index >= 15 is 0 Å². The van der Waals surface area contributed by atoms with Crippen LogP contribution in [-0.4, -0.2) is 0 Å². The summed E-state index contributed by atoms with van der Waals surface area (Å²) in [6.07, 6.45) is 0. The minimum Gasteiger partial charge on any atom is -0.456 e. The van der Waals surface area contributed by atoms with Gasteiger partial charge in [0.1, 0.15) is 23.4 Å². The number of hydrogen-bond donors (Lipinski definition) is 1. The first-order chi connectivity index (χ1) is 8.19. The molecule has 0 fully saturated rings. The normalized spacial score (nSPS) is 9.65. The van der Waals surface area contributed by atoms with E-state index in [0.717, 1.165) is 6.07 Å². The molecule has 0 saturated carbocycles. The Hall–Kier alpha value is -2.54. The van der Waals surface area contributed by atoms with Crippen molar-refractivity contribution in [2.75, 3.05) is 5.73 Å². The lowest BCUT2D eigenvalue weighted by molar-refractivity contribution is 0.479. The van der Waals surface area contributed by atoms with Crippen molar-refractivity contribution in [3.05, 3.63) is 53.8 Å². The van der Waals surface area contributed by atoms with E-state index in [4.69, 9.17) is 15.7 Å². The van der Waals surface area contributed by atoms with E-state index in [-0.39, 0.29) is 5.56 Å². The summed E-state index contributed by atoms with van der Waals surface area (Å²) < 4.78 is 18.4. The third kappa shape index (κ3) is 2.52. The zero-order valence-corrected chi connectivity index (χ0v) is 8.85. The number of halogens is 1. The zero-order valence-electron chi connectivity index (χ0n) is 8.85. The van der Waals surface area contributed by atoms with Crippen LogP contribution in [0, 0.1) is 17.1 Å². The van der Waals surface area contributed by atoms with Crippen LogP contribution in [0.4, 0.5) is 10.1 Å². The quantitative estimate of drug-likeness (QED) is 0.803. The number of benzene rings is 2. The molecule has 0 bridgehead atoms. The van der Waals surface area contributed by atoms with Crippen molar-refractivity contribution >= 4 is 5.69 Å². The van der Waals surface area contributed by atoms with Crippen LogP contribution in [0.2, 0.25) is 0 Å². The smallest absolute Gasteiger partial charge is 0.145 e. The fourth-order valence-electron chi connectivity index (χ4n) is 1.38. The van der Waals surface area contributed by atoms with Gasteiger partial charge in [-0.05, 0) is 30.3 Å². The fraction of sp³-hybridized carbons (Fsp3) is 0. The molecular formula is C13H9FN2O. The number of ether oxygens (including phenoxy) is 1. The molecule has 0 saturated heterocycles. The van der Waals surface area contributed by atoms with E-state index in [2.05, 4.69) is 0 Å². The van der Waals surface area contributed by atoms with Crippen molar-refractivity contribution in [2.45, 2.75) is 0 Å². The molecule has 0 aromatic heterocycles. The van der Waals surface area contributed by atoms with Gasteiger partial charge in [-0.2, -0.15) is 5.26 Å². The molecule has 4 heteroatoms. The van der Waals surface area contributed by atoms with Gasteiger partial charge in [-0.25, -0.2) is 4.39 Å². The maximum absolute atomic E-state index is 12.9. The van der Waals surface area contributed by atoms with Gasteiger partial charge < -0.3 is 10.5 Å². The minimum absolute atomic E-state index is 0.146. The Balaban J connectivity index is 2.34. The summed E-state index contributed by atoms with van der Waals surface area (Å²) in [6, 6.07) is 12.5. The van der Waals surface area contributed by atoms with Gasteiger partial charge >= 0.3 is 0 Å². The number of nitriles is 1. The minimum atomic E-state index is -0.471. The van der Waals surface area contributed by atoms with Crippen molar-refractivity contribution in [2.24, 2.45) is 0 Å². The van der Waals surface area contributed by atoms with Crippen LogP contribution < -0.4 is 10.5 Å². The predicted molar refractivity (Wildman–Crippen MR) is 62.0 cm³/mol. The summed E-state index contributed by atoms with van der Waals surface area (Å²) in [6.45, 7) is 0. The van der Waals surface area contributed by atoms with E-state index in [0.29, 0.717) is 17.2 Å². The van der Waals surface area contributed by atoms with Gasteiger partial charge in [-0.1, -0.05) is 6.07 Å². The monoisotopic (exact) mass is 228 g/mol. The second kappa shape index (κ2) is 4.54. The molecule has 0 unspecified atom stereocenters. The van der Waals surface area contributed by atoms with E-state index < -0.39 is 5.82 Å². The van der Waals surface area contributed by atoms with Crippen LogP contribution in [-0.2, 0) is 0 Å². The number of anilines is 1. The van der Waals surface area contributed by atoms with Gasteiger partial charge in [0.2, 0.25) is 0 Å². The number of hydrogen-bond acceptors (Lipinski definition) is 3. The van der Waals surface area contributed by atoms with Crippen molar-refractivity contribution in [1.82, 2.24) is 0 Å². The van der Waals surface area contributed by atoms with Crippen LogP contribution >= 0.6 is 0 Å².